The molecule has 0 unspecified atom stereocenters. The van der Waals surface area contributed by atoms with E-state index in [0.717, 1.165) is 40.5 Å². The highest BCUT2D eigenvalue weighted by molar-refractivity contribution is 7.93. The first-order valence-corrected chi connectivity index (χ1v) is 20.0. The van der Waals surface area contributed by atoms with Crippen molar-refractivity contribution in [2.45, 2.75) is 9.79 Å². The zero-order valence-electron chi connectivity index (χ0n) is 30.1. The lowest BCUT2D eigenvalue weighted by molar-refractivity contribution is 0.0599. The molecule has 0 amide bonds. The van der Waals surface area contributed by atoms with Crippen molar-refractivity contribution in [1.82, 2.24) is 9.97 Å². The molecule has 0 aliphatic heterocycles. The molecule has 2 heterocycles. The lowest BCUT2D eigenvalue weighted by atomic mass is 10.1. The van der Waals surface area contributed by atoms with E-state index >= 15 is 0 Å². The van der Waals surface area contributed by atoms with Gasteiger partial charge in [0.15, 0.2) is 11.5 Å². The molecule has 57 heavy (non-hydrogen) atoms. The third-order valence-corrected chi connectivity index (χ3v) is 11.2. The van der Waals surface area contributed by atoms with Crippen LogP contribution in [0.25, 0.3) is 22.3 Å². The summed E-state index contributed by atoms with van der Waals surface area (Å²) in [6.45, 7) is 0. The number of carbonyl (C=O) groups excluding carboxylic acids is 1. The Bertz CT molecular complexity index is 2650. The number of esters is 1. The quantitative estimate of drug-likeness (QED) is 0.101. The van der Waals surface area contributed by atoms with Crippen molar-refractivity contribution >= 4 is 66.8 Å². The molecule has 0 bridgehead atoms. The van der Waals surface area contributed by atoms with E-state index in [1.165, 1.54) is 39.8 Å². The van der Waals surface area contributed by atoms with E-state index < -0.39 is 36.9 Å². The number of carboxylic acids is 1. The predicted octanol–water partition coefficient (Wildman–Crippen LogP) is 7.91. The molecule has 0 saturated carbocycles. The Balaban J connectivity index is 0.000000218. The van der Waals surface area contributed by atoms with E-state index in [1.807, 2.05) is 60.7 Å². The molecule has 0 saturated heterocycles. The number of nitrogens with zero attached hydrogens (tertiary/aromatic N) is 2. The highest BCUT2D eigenvalue weighted by Crippen LogP contribution is 2.36. The molecule has 0 atom stereocenters. The van der Waals surface area contributed by atoms with Gasteiger partial charge in [-0.1, -0.05) is 83.9 Å². The second-order valence-electron chi connectivity index (χ2n) is 11.6. The predicted molar refractivity (Wildman–Crippen MR) is 215 cm³/mol. The van der Waals surface area contributed by atoms with Crippen molar-refractivity contribution in [1.29, 1.82) is 0 Å². The van der Waals surface area contributed by atoms with Crippen LogP contribution in [0.2, 0.25) is 10.0 Å². The fourth-order valence-corrected chi connectivity index (χ4v) is 8.41. The van der Waals surface area contributed by atoms with Crippen LogP contribution in [-0.4, -0.2) is 65.2 Å². The maximum Gasteiger partial charge on any atom is 0.337 e. The first-order chi connectivity index (χ1) is 27.2. The molecular weight excluding hydrogens is 819 g/mol. The Hall–Kier alpha value is -6.20. The van der Waals surface area contributed by atoms with Crippen molar-refractivity contribution in [2.75, 3.05) is 30.8 Å². The lowest BCUT2D eigenvalue weighted by Gasteiger charge is -2.14. The number of benzene rings is 4. The fourth-order valence-electron chi connectivity index (χ4n) is 5.27. The summed E-state index contributed by atoms with van der Waals surface area (Å²) in [4.78, 5) is 30.5. The van der Waals surface area contributed by atoms with Crippen molar-refractivity contribution in [2.24, 2.45) is 0 Å². The van der Waals surface area contributed by atoms with Gasteiger partial charge in [0.2, 0.25) is 0 Å². The first kappa shape index (κ1) is 42.0. The van der Waals surface area contributed by atoms with Gasteiger partial charge in [0.25, 0.3) is 20.0 Å². The number of rotatable bonds is 12. The number of hydrogen-bond donors (Lipinski definition) is 3. The van der Waals surface area contributed by atoms with Crippen molar-refractivity contribution in [3.63, 3.8) is 0 Å². The zero-order valence-corrected chi connectivity index (χ0v) is 33.3. The topological polar surface area (TPSA) is 200 Å². The Morgan fingerprint density at radius 2 is 0.982 bits per heavy atom. The molecule has 0 aliphatic carbocycles. The number of methoxy groups -OCH3 is 3. The van der Waals surface area contributed by atoms with Gasteiger partial charge >= 0.3 is 11.9 Å². The van der Waals surface area contributed by atoms with Crippen LogP contribution >= 0.6 is 23.2 Å². The molecule has 0 radical (unpaired) electrons. The van der Waals surface area contributed by atoms with Crippen molar-refractivity contribution < 1.29 is 45.7 Å². The van der Waals surface area contributed by atoms with Gasteiger partial charge in [-0.15, -0.1) is 0 Å². The number of ether oxygens (including phenoxy) is 3. The number of pyridine rings is 2. The number of aromatic nitrogens is 2. The Morgan fingerprint density at radius 1 is 0.579 bits per heavy atom. The van der Waals surface area contributed by atoms with E-state index in [1.54, 1.807) is 24.3 Å². The minimum Gasteiger partial charge on any atom is -0.494 e. The number of hydrogen-bond acceptors (Lipinski definition) is 11. The number of carboxylic acid groups (broad SMARTS) is 1. The van der Waals surface area contributed by atoms with Gasteiger partial charge in [0.05, 0.1) is 42.5 Å². The van der Waals surface area contributed by atoms with E-state index in [9.17, 15) is 31.5 Å². The summed E-state index contributed by atoms with van der Waals surface area (Å²) in [7, 11) is -4.67. The summed E-state index contributed by atoms with van der Waals surface area (Å²) in [6, 6.07) is 30.0. The van der Waals surface area contributed by atoms with Crippen LogP contribution in [0.15, 0.2) is 131 Å². The summed E-state index contributed by atoms with van der Waals surface area (Å²) in [5, 5.41) is 9.02. The molecule has 294 valence electrons. The van der Waals surface area contributed by atoms with E-state index in [0.29, 0.717) is 0 Å². The summed E-state index contributed by atoms with van der Waals surface area (Å²) in [5.74, 6) is -2.11. The molecule has 6 aromatic rings. The van der Waals surface area contributed by atoms with Crippen LogP contribution in [0.4, 0.5) is 11.6 Å². The van der Waals surface area contributed by atoms with Crippen LogP contribution in [0.5, 0.6) is 11.5 Å². The summed E-state index contributed by atoms with van der Waals surface area (Å²) in [5.41, 5.74) is 3.04. The average molecular weight is 852 g/mol. The summed E-state index contributed by atoms with van der Waals surface area (Å²) >= 11 is 12.1. The second kappa shape index (κ2) is 18.2. The monoisotopic (exact) mass is 850 g/mol. The third-order valence-electron chi connectivity index (χ3n) is 7.89. The van der Waals surface area contributed by atoms with Gasteiger partial charge in [-0.3, -0.25) is 9.44 Å². The molecule has 3 N–H and O–H groups in total. The summed E-state index contributed by atoms with van der Waals surface area (Å²) < 4.78 is 71.3. The van der Waals surface area contributed by atoms with E-state index in [2.05, 4.69) is 24.1 Å². The maximum absolute atomic E-state index is 13.0. The maximum atomic E-state index is 13.0. The molecular formula is C39H32Cl2N4O10S2. The number of carbonyl (C=O) groups is 2. The second-order valence-corrected chi connectivity index (χ2v) is 15.7. The number of anilines is 2. The number of sulfonamides is 2. The fraction of sp³-hybridized carbons (Fsp3) is 0.0769. The molecule has 18 heteroatoms. The van der Waals surface area contributed by atoms with E-state index in [-0.39, 0.29) is 49.2 Å². The Morgan fingerprint density at radius 3 is 1.37 bits per heavy atom. The van der Waals surface area contributed by atoms with Gasteiger partial charge in [-0.25, -0.2) is 36.4 Å². The molecule has 14 nitrogen and oxygen atoms in total. The highest BCUT2D eigenvalue weighted by Gasteiger charge is 2.27. The largest absolute Gasteiger partial charge is 0.494 e. The highest BCUT2D eigenvalue weighted by atomic mass is 35.5. The summed E-state index contributed by atoms with van der Waals surface area (Å²) in [6.07, 6.45) is 2.97. The first-order valence-electron chi connectivity index (χ1n) is 16.3. The van der Waals surface area contributed by atoms with Crippen molar-refractivity contribution in [3.05, 3.63) is 143 Å². The van der Waals surface area contributed by atoms with Crippen molar-refractivity contribution in [3.8, 4) is 33.8 Å². The lowest BCUT2D eigenvalue weighted by Crippen LogP contribution is -2.16. The number of halogens is 2. The Kier molecular flexibility index (Phi) is 13.4. The molecule has 4 aromatic carbocycles. The molecule has 0 fully saturated rings. The van der Waals surface area contributed by atoms with E-state index in [4.69, 9.17) is 32.7 Å². The number of aromatic carboxylic acids is 1. The SMILES string of the molecule is COC(=O)c1cc(Cl)c(OC)c(S(=O)(=O)Nc2cc(-c3ccccc3)ccn2)c1.COc1c(Cl)cc(C(=O)O)cc1S(=O)(=O)Nc1cc(-c2ccccc2)ccn1. The normalized spacial score (nSPS) is 11.0. The van der Waals surface area contributed by atoms with Crippen LogP contribution in [0, 0.1) is 0 Å². The molecule has 2 aromatic heterocycles. The van der Waals surface area contributed by atoms with Gasteiger partial charge in [-0.05, 0) is 70.8 Å². The average Bonchev–Trinajstić information content (AvgIpc) is 3.20. The van der Waals surface area contributed by atoms with Crippen LogP contribution in [0.3, 0.4) is 0 Å². The molecule has 6 rings (SSSR count). The standard InChI is InChI=1S/C20H17ClN2O5S.C19H15ClN2O5S/c1-27-19-16(21)10-15(20(24)28-2)11-17(19)29(25,26)23-18-12-14(8-9-22-18)13-6-4-3-5-7-13;1-27-18-15(20)9-14(19(23)24)10-16(18)28(25,26)22-17-11-13(7-8-21-17)12-5-3-2-4-6-12/h3-12H,1-2H3,(H,22,23);2-11H,1H3,(H,21,22)(H,23,24). The molecule has 0 spiro atoms. The minimum absolute atomic E-state index is 0.0235. The van der Waals surface area contributed by atoms with Gasteiger partial charge in [0, 0.05) is 12.4 Å². The minimum atomic E-state index is -4.22. The van der Waals surface area contributed by atoms with Crippen LogP contribution < -0.4 is 18.9 Å². The number of nitrogens with one attached hydrogen (secondary N) is 2. The molecule has 0 aliphatic rings. The van der Waals surface area contributed by atoms with Gasteiger partial charge in [0.1, 0.15) is 21.4 Å². The van der Waals surface area contributed by atoms with Gasteiger partial charge < -0.3 is 19.3 Å². The van der Waals surface area contributed by atoms with Gasteiger partial charge in [-0.2, -0.15) is 0 Å². The Labute approximate surface area is 338 Å². The zero-order chi connectivity index (χ0) is 41.3. The van der Waals surface area contributed by atoms with Crippen LogP contribution in [-0.2, 0) is 24.8 Å². The smallest absolute Gasteiger partial charge is 0.337 e. The third kappa shape index (κ3) is 10.2. The van der Waals surface area contributed by atoms with Crippen LogP contribution in [0.1, 0.15) is 20.7 Å².